The summed E-state index contributed by atoms with van der Waals surface area (Å²) in [5, 5.41) is 2.67. The van der Waals surface area contributed by atoms with Crippen LogP contribution in [0.4, 0.5) is 28.9 Å². The molecule has 2 aliphatic heterocycles. The van der Waals surface area contributed by atoms with Gasteiger partial charge in [-0.2, -0.15) is 13.2 Å². The van der Waals surface area contributed by atoms with E-state index >= 15 is 0 Å². The standard InChI is InChI=1S/C27H25F4N5O2/c1-16-3-4-19(35-25(37)17-5-6-33-23(10-17)27(29,30)31)11-20(16)18-9-22-21(34-13-18)12-26(15-28,32-2)24-14-38-8-7-36(22)24/h3-6,9-11,13,24H,2,7-8,12,14-15H2,1H3,(H,35,37)/t24-,26-/m0/s1. The largest absolute Gasteiger partial charge is 0.433 e. The summed E-state index contributed by atoms with van der Waals surface area (Å²) in [5.74, 6) is -0.688. The average molecular weight is 528 g/mol. The van der Waals surface area contributed by atoms with Gasteiger partial charge in [-0.25, -0.2) is 4.39 Å². The maximum Gasteiger partial charge on any atom is 0.433 e. The number of morpholine rings is 1. The molecule has 1 fully saturated rings. The van der Waals surface area contributed by atoms with Crippen molar-refractivity contribution in [1.82, 2.24) is 9.97 Å². The number of hydrogen-bond acceptors (Lipinski definition) is 6. The number of amides is 1. The van der Waals surface area contributed by atoms with Gasteiger partial charge in [-0.3, -0.25) is 19.8 Å². The number of alkyl halides is 4. The molecule has 2 aromatic heterocycles. The summed E-state index contributed by atoms with van der Waals surface area (Å²) in [6.07, 6.45) is -1.71. The molecule has 4 heterocycles. The molecule has 0 aliphatic carbocycles. The number of fused-ring (bicyclic) bond motifs is 3. The first kappa shape index (κ1) is 25.8. The third-order valence-electron chi connectivity index (χ3n) is 7.14. The average Bonchev–Trinajstić information content (AvgIpc) is 2.93. The number of anilines is 2. The van der Waals surface area contributed by atoms with Gasteiger partial charge in [-0.15, -0.1) is 0 Å². The molecule has 1 amide bonds. The first-order chi connectivity index (χ1) is 18.1. The Morgan fingerprint density at radius 1 is 1.26 bits per heavy atom. The van der Waals surface area contributed by atoms with Crippen LogP contribution >= 0.6 is 0 Å². The normalized spacial score (nSPS) is 20.9. The number of aryl methyl sites for hydroxylation is 1. The summed E-state index contributed by atoms with van der Waals surface area (Å²) in [4.78, 5) is 26.9. The van der Waals surface area contributed by atoms with Crippen LogP contribution in [0, 0.1) is 6.92 Å². The Hall–Kier alpha value is -3.86. The summed E-state index contributed by atoms with van der Waals surface area (Å²) in [7, 11) is 0. The highest BCUT2D eigenvalue weighted by molar-refractivity contribution is 6.04. The van der Waals surface area contributed by atoms with Crippen molar-refractivity contribution >= 4 is 24.0 Å². The van der Waals surface area contributed by atoms with Gasteiger partial charge >= 0.3 is 6.18 Å². The highest BCUT2D eigenvalue weighted by atomic mass is 19.4. The van der Waals surface area contributed by atoms with Crippen LogP contribution in [0.3, 0.4) is 0 Å². The number of hydrogen-bond donors (Lipinski definition) is 1. The molecule has 2 aliphatic rings. The molecule has 0 bridgehead atoms. The Bertz CT molecular complexity index is 1400. The lowest BCUT2D eigenvalue weighted by molar-refractivity contribution is -0.141. The number of carbonyl (C=O) groups is 1. The van der Waals surface area contributed by atoms with E-state index in [1.165, 1.54) is 6.07 Å². The number of halogens is 4. The predicted octanol–water partition coefficient (Wildman–Crippen LogP) is 4.89. The minimum absolute atomic E-state index is 0.157. The van der Waals surface area contributed by atoms with Crippen LogP contribution in [0.5, 0.6) is 0 Å². The molecule has 0 radical (unpaired) electrons. The second-order valence-electron chi connectivity index (χ2n) is 9.46. The van der Waals surface area contributed by atoms with E-state index in [9.17, 15) is 22.4 Å². The zero-order valence-corrected chi connectivity index (χ0v) is 20.6. The van der Waals surface area contributed by atoms with E-state index in [4.69, 9.17) is 4.74 Å². The monoisotopic (exact) mass is 527 g/mol. The van der Waals surface area contributed by atoms with Gasteiger partial charge in [0.15, 0.2) is 0 Å². The van der Waals surface area contributed by atoms with Crippen molar-refractivity contribution in [3.8, 4) is 11.1 Å². The Morgan fingerprint density at radius 2 is 2.08 bits per heavy atom. The molecule has 1 aromatic carbocycles. The third-order valence-corrected chi connectivity index (χ3v) is 7.14. The van der Waals surface area contributed by atoms with Crippen molar-refractivity contribution < 1.29 is 27.1 Å². The number of benzene rings is 1. The van der Waals surface area contributed by atoms with Crippen LogP contribution in [0.2, 0.25) is 0 Å². The predicted molar refractivity (Wildman–Crippen MR) is 136 cm³/mol. The van der Waals surface area contributed by atoms with Gasteiger partial charge in [0.1, 0.15) is 17.9 Å². The molecule has 1 saturated heterocycles. The van der Waals surface area contributed by atoms with Crippen LogP contribution in [0.15, 0.2) is 53.8 Å². The molecule has 0 spiro atoms. The van der Waals surface area contributed by atoms with E-state index in [1.807, 2.05) is 19.1 Å². The van der Waals surface area contributed by atoms with Crippen molar-refractivity contribution in [3.63, 3.8) is 0 Å². The molecule has 1 N–H and O–H groups in total. The number of aromatic nitrogens is 2. The molecular weight excluding hydrogens is 502 g/mol. The number of pyridine rings is 2. The first-order valence-corrected chi connectivity index (χ1v) is 12.0. The smallest absolute Gasteiger partial charge is 0.377 e. The van der Waals surface area contributed by atoms with Crippen molar-refractivity contribution in [2.75, 3.05) is 36.6 Å². The lowest BCUT2D eigenvalue weighted by Gasteiger charge is -2.49. The summed E-state index contributed by atoms with van der Waals surface area (Å²) >= 11 is 0. The Labute approximate surface area is 216 Å². The van der Waals surface area contributed by atoms with Gasteiger partial charge in [0.25, 0.3) is 5.91 Å². The molecule has 38 heavy (non-hydrogen) atoms. The van der Waals surface area contributed by atoms with Gasteiger partial charge in [0, 0.05) is 42.2 Å². The lowest BCUT2D eigenvalue weighted by atomic mass is 9.81. The number of aliphatic imine (C=N–C) groups is 1. The Morgan fingerprint density at radius 3 is 2.82 bits per heavy atom. The van der Waals surface area contributed by atoms with E-state index in [0.29, 0.717) is 37.9 Å². The SMILES string of the molecule is C=N[C@]1(CF)Cc2ncc(-c3cc(NC(=O)c4ccnc(C(F)(F)F)c4)ccc3C)cc2N2CCOC[C@H]21. The van der Waals surface area contributed by atoms with Crippen LogP contribution < -0.4 is 10.2 Å². The molecule has 0 saturated carbocycles. The zero-order valence-electron chi connectivity index (χ0n) is 20.6. The van der Waals surface area contributed by atoms with Crippen molar-refractivity contribution in [1.29, 1.82) is 0 Å². The van der Waals surface area contributed by atoms with Crippen molar-refractivity contribution in [3.05, 3.63) is 71.3 Å². The fraction of sp³-hybridized carbons (Fsp3) is 0.333. The minimum atomic E-state index is -4.65. The second kappa shape index (κ2) is 9.79. The summed E-state index contributed by atoms with van der Waals surface area (Å²) in [5.41, 5.74) is 2.16. The fourth-order valence-electron chi connectivity index (χ4n) is 5.04. The quantitative estimate of drug-likeness (QED) is 0.378. The number of carbonyl (C=O) groups excluding carboxylic acids is 1. The zero-order chi connectivity index (χ0) is 27.1. The van der Waals surface area contributed by atoms with E-state index in [1.54, 1.807) is 18.3 Å². The van der Waals surface area contributed by atoms with Crippen LogP contribution in [0.1, 0.15) is 27.3 Å². The van der Waals surface area contributed by atoms with E-state index in [2.05, 4.69) is 31.9 Å². The Kier molecular flexibility index (Phi) is 6.64. The highest BCUT2D eigenvalue weighted by Crippen LogP contribution is 2.41. The summed E-state index contributed by atoms with van der Waals surface area (Å²) < 4.78 is 58.9. The van der Waals surface area contributed by atoms with Gasteiger partial charge in [-0.1, -0.05) is 6.07 Å². The third kappa shape index (κ3) is 4.62. The molecule has 198 valence electrons. The van der Waals surface area contributed by atoms with E-state index < -0.39 is 30.0 Å². The molecule has 7 nitrogen and oxygen atoms in total. The maximum atomic E-state index is 14.2. The van der Waals surface area contributed by atoms with Gasteiger partial charge in [-0.05, 0) is 55.1 Å². The van der Waals surface area contributed by atoms with Crippen molar-refractivity contribution in [2.45, 2.75) is 31.1 Å². The number of nitrogens with zero attached hydrogens (tertiary/aromatic N) is 4. The summed E-state index contributed by atoms with van der Waals surface area (Å²) in [6, 6.07) is 8.85. The van der Waals surface area contributed by atoms with Crippen LogP contribution in [-0.4, -0.2) is 60.6 Å². The van der Waals surface area contributed by atoms with Gasteiger partial charge in [0.2, 0.25) is 0 Å². The van der Waals surface area contributed by atoms with E-state index in [-0.39, 0.29) is 11.6 Å². The van der Waals surface area contributed by atoms with Crippen LogP contribution in [0.25, 0.3) is 11.1 Å². The number of rotatable bonds is 5. The fourth-order valence-corrected chi connectivity index (χ4v) is 5.04. The topological polar surface area (TPSA) is 79.7 Å². The second-order valence-corrected chi connectivity index (χ2v) is 9.46. The first-order valence-electron chi connectivity index (χ1n) is 12.0. The Balaban J connectivity index is 1.46. The lowest BCUT2D eigenvalue weighted by Crippen LogP contribution is -2.62. The number of nitrogens with one attached hydrogen (secondary N) is 1. The van der Waals surface area contributed by atoms with Gasteiger partial charge in [0.05, 0.1) is 30.6 Å². The molecule has 5 rings (SSSR count). The summed E-state index contributed by atoms with van der Waals surface area (Å²) in [6.45, 7) is 6.26. The molecule has 2 atom stereocenters. The molecule has 0 unspecified atom stereocenters. The molecular formula is C27H25F4N5O2. The van der Waals surface area contributed by atoms with E-state index in [0.717, 1.165) is 34.3 Å². The highest BCUT2D eigenvalue weighted by Gasteiger charge is 2.48. The minimum Gasteiger partial charge on any atom is -0.377 e. The number of ether oxygens (including phenoxy) is 1. The van der Waals surface area contributed by atoms with Crippen LogP contribution in [-0.2, 0) is 17.3 Å². The van der Waals surface area contributed by atoms with Gasteiger partial charge < -0.3 is 15.0 Å². The molecule has 3 aromatic rings. The maximum absolute atomic E-state index is 14.2. The van der Waals surface area contributed by atoms with Crippen molar-refractivity contribution in [2.24, 2.45) is 4.99 Å². The molecule has 11 heteroatoms.